The number of nitrogens with zero attached hydrogens (tertiary/aromatic N) is 4. The molecule has 152 valence electrons. The fourth-order valence-electron chi connectivity index (χ4n) is 3.15. The number of ether oxygens (including phenoxy) is 1. The highest BCUT2D eigenvalue weighted by Crippen LogP contribution is 2.27. The van der Waals surface area contributed by atoms with Crippen LogP contribution in [0.5, 0.6) is 0 Å². The molecule has 8 nitrogen and oxygen atoms in total. The van der Waals surface area contributed by atoms with E-state index in [2.05, 4.69) is 43.9 Å². The van der Waals surface area contributed by atoms with Crippen molar-refractivity contribution in [2.45, 2.75) is 52.7 Å². The maximum atomic E-state index is 11.7. The van der Waals surface area contributed by atoms with Crippen molar-refractivity contribution in [2.24, 2.45) is 10.9 Å². The van der Waals surface area contributed by atoms with Crippen molar-refractivity contribution >= 4 is 12.1 Å². The number of carbonyl (C=O) groups excluding carboxylic acids is 1. The number of imidazole rings is 1. The Labute approximate surface area is 162 Å². The zero-order valence-electron chi connectivity index (χ0n) is 17.2. The van der Waals surface area contributed by atoms with Gasteiger partial charge in [-0.25, -0.2) is 9.78 Å². The van der Waals surface area contributed by atoms with Crippen molar-refractivity contribution < 1.29 is 9.53 Å². The van der Waals surface area contributed by atoms with Crippen LogP contribution in [0.1, 0.15) is 47.1 Å². The lowest BCUT2D eigenvalue weighted by molar-refractivity contribution is 0.0529. The van der Waals surface area contributed by atoms with Crippen LogP contribution in [-0.2, 0) is 4.74 Å². The molecule has 0 bridgehead atoms. The van der Waals surface area contributed by atoms with Crippen LogP contribution < -0.4 is 10.6 Å². The van der Waals surface area contributed by atoms with Crippen molar-refractivity contribution in [1.29, 1.82) is 0 Å². The van der Waals surface area contributed by atoms with Gasteiger partial charge >= 0.3 is 6.09 Å². The van der Waals surface area contributed by atoms with E-state index in [-0.39, 0.29) is 0 Å². The molecule has 2 heterocycles. The molecule has 0 saturated carbocycles. The van der Waals surface area contributed by atoms with Gasteiger partial charge in [-0.1, -0.05) is 6.92 Å². The first kappa shape index (κ1) is 21.1. The highest BCUT2D eigenvalue weighted by Gasteiger charge is 2.28. The summed E-state index contributed by atoms with van der Waals surface area (Å²) in [5, 5.41) is 6.12. The fraction of sp³-hybridized carbons (Fsp3) is 0.737. The Morgan fingerprint density at radius 1 is 1.37 bits per heavy atom. The van der Waals surface area contributed by atoms with Gasteiger partial charge in [0.15, 0.2) is 5.96 Å². The average molecular weight is 379 g/mol. The molecule has 27 heavy (non-hydrogen) atoms. The van der Waals surface area contributed by atoms with Gasteiger partial charge in [0.05, 0.1) is 18.9 Å². The van der Waals surface area contributed by atoms with E-state index in [0.29, 0.717) is 25.0 Å². The lowest BCUT2D eigenvalue weighted by Gasteiger charge is -2.39. The lowest BCUT2D eigenvalue weighted by atomic mass is 9.93. The minimum absolute atomic E-state index is 0.380. The highest BCUT2D eigenvalue weighted by molar-refractivity contribution is 5.80. The summed E-state index contributed by atoms with van der Waals surface area (Å²) >= 11 is 0. The molecule has 1 aliphatic heterocycles. The predicted octanol–water partition coefficient (Wildman–Crippen LogP) is 2.26. The van der Waals surface area contributed by atoms with Crippen molar-refractivity contribution in [3.63, 3.8) is 0 Å². The van der Waals surface area contributed by atoms with E-state index in [0.717, 1.165) is 32.0 Å². The van der Waals surface area contributed by atoms with Crippen molar-refractivity contribution in [2.75, 3.05) is 32.7 Å². The minimum Gasteiger partial charge on any atom is -0.444 e. The Morgan fingerprint density at radius 2 is 2.15 bits per heavy atom. The Bertz CT molecular complexity index is 608. The molecular formula is C19H34N6O2. The summed E-state index contributed by atoms with van der Waals surface area (Å²) in [4.78, 5) is 22.9. The second-order valence-corrected chi connectivity index (χ2v) is 7.95. The monoisotopic (exact) mass is 378 g/mol. The first-order chi connectivity index (χ1) is 12.8. The van der Waals surface area contributed by atoms with E-state index < -0.39 is 11.7 Å². The largest absolute Gasteiger partial charge is 0.444 e. The first-order valence-corrected chi connectivity index (χ1v) is 9.77. The van der Waals surface area contributed by atoms with E-state index in [1.165, 1.54) is 0 Å². The molecule has 0 aliphatic carbocycles. The van der Waals surface area contributed by atoms with Crippen LogP contribution in [0, 0.1) is 5.92 Å². The van der Waals surface area contributed by atoms with E-state index in [1.807, 2.05) is 39.5 Å². The quantitative estimate of drug-likeness (QED) is 0.466. The van der Waals surface area contributed by atoms with Crippen LogP contribution in [0.4, 0.5) is 4.79 Å². The summed E-state index contributed by atoms with van der Waals surface area (Å²) in [5.41, 5.74) is -0.491. The molecular weight excluding hydrogens is 344 g/mol. The molecule has 2 N–H and O–H groups in total. The number of alkyl carbamates (subject to hydrolysis) is 1. The Morgan fingerprint density at radius 3 is 2.78 bits per heavy atom. The van der Waals surface area contributed by atoms with Gasteiger partial charge in [0, 0.05) is 38.6 Å². The smallest absolute Gasteiger partial charge is 0.407 e. The number of rotatable bonds is 5. The van der Waals surface area contributed by atoms with E-state index in [1.54, 1.807) is 0 Å². The topological polar surface area (TPSA) is 83.8 Å². The SMILES string of the molecule is CCNC(=NCCNC(=O)OC(C)(C)C)N1CCC(C)C(n2ccnc2)C1. The summed E-state index contributed by atoms with van der Waals surface area (Å²) in [5.74, 6) is 1.48. The van der Waals surface area contributed by atoms with Gasteiger partial charge in [0.25, 0.3) is 0 Å². The second-order valence-electron chi connectivity index (χ2n) is 7.95. The van der Waals surface area contributed by atoms with Crippen LogP contribution in [-0.4, -0.2) is 64.8 Å². The normalized spacial score (nSPS) is 21.1. The Hall–Kier alpha value is -2.25. The minimum atomic E-state index is -0.491. The Balaban J connectivity index is 1.91. The molecule has 0 radical (unpaired) electrons. The molecule has 2 rings (SSSR count). The van der Waals surface area contributed by atoms with Crippen LogP contribution in [0.3, 0.4) is 0 Å². The number of hydrogen-bond acceptors (Lipinski definition) is 4. The van der Waals surface area contributed by atoms with Crippen molar-refractivity contribution in [1.82, 2.24) is 25.1 Å². The number of nitrogens with one attached hydrogen (secondary N) is 2. The molecule has 0 aromatic carbocycles. The third-order valence-electron chi connectivity index (χ3n) is 4.50. The van der Waals surface area contributed by atoms with E-state index in [9.17, 15) is 4.79 Å². The molecule has 1 aromatic heterocycles. The number of amides is 1. The average Bonchev–Trinajstić information content (AvgIpc) is 3.11. The number of guanidine groups is 1. The number of aliphatic imine (C=N–C) groups is 1. The molecule has 1 fully saturated rings. The molecule has 1 aliphatic rings. The third-order valence-corrected chi connectivity index (χ3v) is 4.50. The van der Waals surface area contributed by atoms with Crippen LogP contribution in [0.25, 0.3) is 0 Å². The number of piperidine rings is 1. The van der Waals surface area contributed by atoms with Gasteiger partial charge in [-0.2, -0.15) is 0 Å². The molecule has 1 saturated heterocycles. The summed E-state index contributed by atoms with van der Waals surface area (Å²) in [7, 11) is 0. The van der Waals surface area contributed by atoms with Crippen LogP contribution >= 0.6 is 0 Å². The van der Waals surface area contributed by atoms with Gasteiger partial charge in [-0.05, 0) is 40.0 Å². The van der Waals surface area contributed by atoms with Gasteiger partial charge in [-0.3, -0.25) is 4.99 Å². The zero-order chi connectivity index (χ0) is 19.9. The lowest BCUT2D eigenvalue weighted by Crippen LogP contribution is -2.49. The van der Waals surface area contributed by atoms with Crippen LogP contribution in [0.2, 0.25) is 0 Å². The molecule has 1 aromatic rings. The van der Waals surface area contributed by atoms with Crippen molar-refractivity contribution in [3.8, 4) is 0 Å². The maximum absolute atomic E-state index is 11.7. The molecule has 0 spiro atoms. The van der Waals surface area contributed by atoms with Crippen molar-refractivity contribution in [3.05, 3.63) is 18.7 Å². The van der Waals surface area contributed by atoms with Gasteiger partial charge < -0.3 is 24.8 Å². The van der Waals surface area contributed by atoms with Crippen LogP contribution in [0.15, 0.2) is 23.7 Å². The molecule has 1 amide bonds. The molecule has 2 atom stereocenters. The summed E-state index contributed by atoms with van der Waals surface area (Å²) in [6.07, 6.45) is 6.44. The first-order valence-electron chi connectivity index (χ1n) is 9.77. The Kier molecular flexibility index (Phi) is 7.50. The predicted molar refractivity (Wildman–Crippen MR) is 107 cm³/mol. The summed E-state index contributed by atoms with van der Waals surface area (Å²) in [6, 6.07) is 0.380. The van der Waals surface area contributed by atoms with Gasteiger partial charge in [0.2, 0.25) is 0 Å². The fourth-order valence-corrected chi connectivity index (χ4v) is 3.15. The molecule has 8 heteroatoms. The number of carbonyl (C=O) groups is 1. The number of likely N-dealkylation sites (tertiary alicyclic amines) is 1. The van der Waals surface area contributed by atoms with E-state index >= 15 is 0 Å². The number of hydrogen-bond donors (Lipinski definition) is 2. The second kappa shape index (κ2) is 9.62. The standard InChI is InChI=1S/C19H34N6O2/c1-6-21-17(22-8-9-23-18(26)27-19(3,4)5)24-11-7-15(2)16(13-24)25-12-10-20-14-25/h10,12,14-16H,6-9,11,13H2,1-5H3,(H,21,22)(H,23,26). The highest BCUT2D eigenvalue weighted by atomic mass is 16.6. The maximum Gasteiger partial charge on any atom is 0.407 e. The number of aromatic nitrogens is 2. The van der Waals surface area contributed by atoms with Gasteiger partial charge in [-0.15, -0.1) is 0 Å². The summed E-state index contributed by atoms with van der Waals surface area (Å²) in [6.45, 7) is 13.5. The third kappa shape index (κ3) is 6.77. The van der Waals surface area contributed by atoms with E-state index in [4.69, 9.17) is 4.74 Å². The van der Waals surface area contributed by atoms with Gasteiger partial charge in [0.1, 0.15) is 5.60 Å². The zero-order valence-corrected chi connectivity index (χ0v) is 17.2. The molecule has 2 unspecified atom stereocenters. The summed E-state index contributed by atoms with van der Waals surface area (Å²) < 4.78 is 7.43.